The van der Waals surface area contributed by atoms with Crippen molar-refractivity contribution in [2.45, 2.75) is 18.9 Å². The number of fused-ring (bicyclic) bond motifs is 2. The maximum Gasteiger partial charge on any atom is 0.300 e. The van der Waals surface area contributed by atoms with Crippen molar-refractivity contribution in [3.8, 4) is 5.75 Å². The maximum absolute atomic E-state index is 14.1. The van der Waals surface area contributed by atoms with Crippen LogP contribution in [-0.4, -0.2) is 28.4 Å². The van der Waals surface area contributed by atoms with E-state index in [0.29, 0.717) is 17.7 Å². The van der Waals surface area contributed by atoms with E-state index in [-0.39, 0.29) is 17.0 Å². The fourth-order valence-electron chi connectivity index (χ4n) is 5.00. The number of nitrogens with zero attached hydrogens (tertiary/aromatic N) is 1. The Bertz CT molecular complexity index is 1540. The highest BCUT2D eigenvalue weighted by Gasteiger charge is 2.47. The number of Topliss-reactive ketones (excluding diaryl/α,β-unsaturated/α-hetero) is 1. The van der Waals surface area contributed by atoms with Gasteiger partial charge in [0, 0.05) is 33.9 Å². The Morgan fingerprint density at radius 1 is 1.06 bits per heavy atom. The molecule has 174 valence electrons. The molecule has 1 atom stereocenters. The third-order valence-corrected chi connectivity index (χ3v) is 6.63. The molecule has 0 spiro atoms. The van der Waals surface area contributed by atoms with Gasteiger partial charge in [-0.1, -0.05) is 24.3 Å². The number of anilines is 1. The van der Waals surface area contributed by atoms with Gasteiger partial charge in [0.25, 0.3) is 11.7 Å². The molecule has 0 aliphatic carbocycles. The summed E-state index contributed by atoms with van der Waals surface area (Å²) in [5.74, 6) is -1.70. The number of hydrogen-bond donors (Lipinski definition) is 2. The molecule has 3 heterocycles. The molecule has 0 saturated carbocycles. The lowest BCUT2D eigenvalue weighted by Gasteiger charge is -2.25. The molecule has 2 aliphatic rings. The zero-order valence-corrected chi connectivity index (χ0v) is 18.6. The standard InChI is InChI=1S/C28H21FN2O4/c29-18-6-3-7-19(14-18)31-25(21-15-30-22-9-2-1-8-20(21)22)24(27(33)28(31)34)26(32)17-10-11-23-16(13-17)5-4-12-35-23/h1-3,6-11,13-15,25,30,32H,4-5,12H2/b26-24+. The molecule has 7 heteroatoms. The van der Waals surface area contributed by atoms with E-state index in [1.165, 1.54) is 23.1 Å². The SMILES string of the molecule is O=C1C(=O)N(c2cccc(F)c2)C(c2c[nH]c3ccccc23)/C1=C(\O)c1ccc2c(c1)CCCO2. The van der Waals surface area contributed by atoms with E-state index in [1.54, 1.807) is 30.5 Å². The second-order valence-corrected chi connectivity index (χ2v) is 8.71. The molecule has 1 aromatic heterocycles. The molecule has 6 rings (SSSR count). The van der Waals surface area contributed by atoms with Crippen molar-refractivity contribution in [2.24, 2.45) is 0 Å². The molecule has 1 unspecified atom stereocenters. The number of ketones is 1. The molecule has 1 amide bonds. The number of amides is 1. The van der Waals surface area contributed by atoms with Crippen molar-refractivity contribution in [1.29, 1.82) is 0 Å². The number of halogens is 1. The fraction of sp³-hybridized carbons (Fsp3) is 0.143. The van der Waals surface area contributed by atoms with Crippen LogP contribution in [0.4, 0.5) is 10.1 Å². The number of benzene rings is 3. The molecular formula is C28H21FN2O4. The minimum Gasteiger partial charge on any atom is -0.507 e. The quantitative estimate of drug-likeness (QED) is 0.244. The Hall–Kier alpha value is -4.39. The van der Waals surface area contributed by atoms with Crippen molar-refractivity contribution in [3.05, 3.63) is 101 Å². The molecule has 2 aliphatic heterocycles. The summed E-state index contributed by atoms with van der Waals surface area (Å²) in [5.41, 5.74) is 3.01. The van der Waals surface area contributed by atoms with Gasteiger partial charge in [0.1, 0.15) is 17.3 Å². The summed E-state index contributed by atoms with van der Waals surface area (Å²) in [6, 6.07) is 17.4. The number of rotatable bonds is 3. The van der Waals surface area contributed by atoms with Gasteiger partial charge < -0.3 is 14.8 Å². The van der Waals surface area contributed by atoms with Crippen LogP contribution >= 0.6 is 0 Å². The van der Waals surface area contributed by atoms with Crippen LogP contribution in [0.5, 0.6) is 5.75 Å². The predicted octanol–water partition coefficient (Wildman–Crippen LogP) is 5.26. The van der Waals surface area contributed by atoms with Crippen LogP contribution in [-0.2, 0) is 16.0 Å². The summed E-state index contributed by atoms with van der Waals surface area (Å²) in [6.07, 6.45) is 3.37. The van der Waals surface area contributed by atoms with Gasteiger partial charge in [0.15, 0.2) is 0 Å². The highest BCUT2D eigenvalue weighted by molar-refractivity contribution is 6.51. The second kappa shape index (κ2) is 8.13. The predicted molar refractivity (Wildman–Crippen MR) is 130 cm³/mol. The van der Waals surface area contributed by atoms with Crippen molar-refractivity contribution < 1.29 is 23.8 Å². The topological polar surface area (TPSA) is 82.6 Å². The second-order valence-electron chi connectivity index (χ2n) is 8.71. The van der Waals surface area contributed by atoms with E-state index in [4.69, 9.17) is 4.74 Å². The first-order valence-electron chi connectivity index (χ1n) is 11.4. The van der Waals surface area contributed by atoms with Gasteiger partial charge in [0.05, 0.1) is 18.2 Å². The van der Waals surface area contributed by atoms with Crippen LogP contribution in [0.2, 0.25) is 0 Å². The van der Waals surface area contributed by atoms with Crippen LogP contribution < -0.4 is 9.64 Å². The Labute approximate surface area is 200 Å². The Morgan fingerprint density at radius 3 is 2.77 bits per heavy atom. The molecule has 1 fully saturated rings. The van der Waals surface area contributed by atoms with Gasteiger partial charge in [-0.05, 0) is 60.9 Å². The Balaban J connectivity index is 1.58. The molecule has 2 N–H and O–H groups in total. The zero-order chi connectivity index (χ0) is 24.1. The number of hydrogen-bond acceptors (Lipinski definition) is 4. The number of carbonyl (C=O) groups is 2. The lowest BCUT2D eigenvalue weighted by atomic mass is 9.93. The Morgan fingerprint density at radius 2 is 1.91 bits per heavy atom. The lowest BCUT2D eigenvalue weighted by Crippen LogP contribution is -2.29. The number of nitrogens with one attached hydrogen (secondary N) is 1. The summed E-state index contributed by atoms with van der Waals surface area (Å²) < 4.78 is 19.8. The summed E-state index contributed by atoms with van der Waals surface area (Å²) in [4.78, 5) is 31.1. The molecule has 6 nitrogen and oxygen atoms in total. The smallest absolute Gasteiger partial charge is 0.300 e. The van der Waals surface area contributed by atoms with Crippen LogP contribution in [0, 0.1) is 5.82 Å². The summed E-state index contributed by atoms with van der Waals surface area (Å²) in [5, 5.41) is 12.2. The number of aromatic nitrogens is 1. The number of aliphatic hydroxyl groups excluding tert-OH is 1. The van der Waals surface area contributed by atoms with Crippen LogP contribution in [0.25, 0.3) is 16.7 Å². The fourth-order valence-corrected chi connectivity index (χ4v) is 5.00. The zero-order valence-electron chi connectivity index (χ0n) is 18.6. The number of aromatic amines is 1. The van der Waals surface area contributed by atoms with Crippen molar-refractivity contribution in [1.82, 2.24) is 4.98 Å². The maximum atomic E-state index is 14.1. The molecule has 0 radical (unpaired) electrons. The van der Waals surface area contributed by atoms with E-state index in [1.807, 2.05) is 24.3 Å². The molecule has 35 heavy (non-hydrogen) atoms. The van der Waals surface area contributed by atoms with Gasteiger partial charge in [-0.25, -0.2) is 4.39 Å². The van der Waals surface area contributed by atoms with Crippen LogP contribution in [0.1, 0.15) is 29.2 Å². The highest BCUT2D eigenvalue weighted by Crippen LogP contribution is 2.44. The largest absolute Gasteiger partial charge is 0.507 e. The molecule has 4 aromatic rings. The minimum absolute atomic E-state index is 0.0410. The molecule has 3 aromatic carbocycles. The Kier molecular flexibility index (Phi) is 4.91. The van der Waals surface area contributed by atoms with E-state index >= 15 is 0 Å². The first kappa shape index (κ1) is 21.2. The highest BCUT2D eigenvalue weighted by atomic mass is 19.1. The summed E-state index contributed by atoms with van der Waals surface area (Å²) >= 11 is 0. The van der Waals surface area contributed by atoms with Crippen molar-refractivity contribution in [2.75, 3.05) is 11.5 Å². The summed E-state index contributed by atoms with van der Waals surface area (Å²) in [7, 11) is 0. The number of aliphatic hydroxyl groups is 1. The van der Waals surface area contributed by atoms with E-state index < -0.39 is 23.5 Å². The first-order chi connectivity index (χ1) is 17.0. The van der Waals surface area contributed by atoms with Crippen LogP contribution in [0.15, 0.2) is 78.5 Å². The normalized spacial score (nSPS) is 19.1. The lowest BCUT2D eigenvalue weighted by molar-refractivity contribution is -0.132. The van der Waals surface area contributed by atoms with E-state index in [2.05, 4.69) is 4.98 Å². The van der Waals surface area contributed by atoms with Gasteiger partial charge in [-0.3, -0.25) is 14.5 Å². The number of ether oxygens (including phenoxy) is 1. The monoisotopic (exact) mass is 468 g/mol. The number of aryl methyl sites for hydroxylation is 1. The van der Waals surface area contributed by atoms with Crippen LogP contribution in [0.3, 0.4) is 0 Å². The third-order valence-electron chi connectivity index (χ3n) is 6.63. The minimum atomic E-state index is -0.944. The average molecular weight is 468 g/mol. The van der Waals surface area contributed by atoms with Crippen molar-refractivity contribution in [3.63, 3.8) is 0 Å². The van der Waals surface area contributed by atoms with Gasteiger partial charge in [0.2, 0.25) is 0 Å². The van der Waals surface area contributed by atoms with E-state index in [9.17, 15) is 19.1 Å². The number of para-hydroxylation sites is 1. The van der Waals surface area contributed by atoms with Crippen molar-refractivity contribution >= 4 is 34.0 Å². The van der Waals surface area contributed by atoms with Gasteiger partial charge >= 0.3 is 0 Å². The number of H-pyrrole nitrogens is 1. The van der Waals surface area contributed by atoms with E-state index in [0.717, 1.165) is 35.1 Å². The molecule has 0 bridgehead atoms. The summed E-state index contributed by atoms with van der Waals surface area (Å²) in [6.45, 7) is 0.637. The average Bonchev–Trinajstić information content (AvgIpc) is 3.41. The molecule has 1 saturated heterocycles. The number of carbonyl (C=O) groups excluding carboxylic acids is 2. The van der Waals surface area contributed by atoms with Gasteiger partial charge in [-0.2, -0.15) is 0 Å². The molecular weight excluding hydrogens is 447 g/mol. The first-order valence-corrected chi connectivity index (χ1v) is 11.4. The third kappa shape index (κ3) is 3.39. The van der Waals surface area contributed by atoms with Gasteiger partial charge in [-0.15, -0.1) is 0 Å².